The standard InChI is InChI=1S/C23H31N5O4/c1-15(16-8-6-5-7-9-16)26-20(29)18-19(25-14-24-18)21(30)27-17-10-12-28(13-11-17)22(31)32-23(2,3)4/h5-9,14-15,17H,10-13H2,1-4H3,(H,24,25)(H,26,29)(H,27,30). The lowest BCUT2D eigenvalue weighted by Crippen LogP contribution is -2.48. The van der Waals surface area contributed by atoms with Gasteiger partial charge < -0.3 is 25.3 Å². The number of carbonyl (C=O) groups excluding carboxylic acids is 3. The van der Waals surface area contributed by atoms with E-state index < -0.39 is 17.4 Å². The molecule has 0 spiro atoms. The van der Waals surface area contributed by atoms with Crippen molar-refractivity contribution in [2.45, 2.75) is 58.2 Å². The Morgan fingerprint density at radius 1 is 1.12 bits per heavy atom. The Morgan fingerprint density at radius 2 is 1.78 bits per heavy atom. The highest BCUT2D eigenvalue weighted by molar-refractivity contribution is 6.04. The molecule has 0 bridgehead atoms. The number of ether oxygens (including phenoxy) is 1. The molecule has 1 fully saturated rings. The van der Waals surface area contributed by atoms with Crippen molar-refractivity contribution in [2.75, 3.05) is 13.1 Å². The van der Waals surface area contributed by atoms with Crippen molar-refractivity contribution in [3.63, 3.8) is 0 Å². The fourth-order valence-electron chi connectivity index (χ4n) is 3.52. The van der Waals surface area contributed by atoms with Crippen LogP contribution in [0.15, 0.2) is 36.7 Å². The van der Waals surface area contributed by atoms with Gasteiger partial charge in [-0.2, -0.15) is 0 Å². The van der Waals surface area contributed by atoms with E-state index in [4.69, 9.17) is 4.74 Å². The summed E-state index contributed by atoms with van der Waals surface area (Å²) in [6, 6.07) is 9.22. The van der Waals surface area contributed by atoms with Crippen LogP contribution in [0.25, 0.3) is 0 Å². The van der Waals surface area contributed by atoms with E-state index in [0.29, 0.717) is 25.9 Å². The first kappa shape index (κ1) is 23.3. The maximum atomic E-state index is 12.8. The van der Waals surface area contributed by atoms with Gasteiger partial charge in [0.2, 0.25) is 0 Å². The van der Waals surface area contributed by atoms with Gasteiger partial charge >= 0.3 is 6.09 Å². The summed E-state index contributed by atoms with van der Waals surface area (Å²) in [4.78, 5) is 46.2. The van der Waals surface area contributed by atoms with E-state index in [9.17, 15) is 14.4 Å². The van der Waals surface area contributed by atoms with Gasteiger partial charge in [-0.1, -0.05) is 30.3 Å². The molecule has 3 N–H and O–H groups in total. The summed E-state index contributed by atoms with van der Waals surface area (Å²) in [5.41, 5.74) is 0.588. The second-order valence-electron chi connectivity index (χ2n) is 8.95. The molecule has 3 amide bonds. The minimum atomic E-state index is -0.544. The van der Waals surface area contributed by atoms with Crippen LogP contribution >= 0.6 is 0 Å². The molecule has 9 nitrogen and oxygen atoms in total. The molecule has 1 aliphatic heterocycles. The number of aromatic nitrogens is 2. The van der Waals surface area contributed by atoms with E-state index in [-0.39, 0.29) is 29.6 Å². The molecule has 32 heavy (non-hydrogen) atoms. The number of piperidine rings is 1. The van der Waals surface area contributed by atoms with Crippen molar-refractivity contribution in [2.24, 2.45) is 0 Å². The Balaban J connectivity index is 1.54. The van der Waals surface area contributed by atoms with Gasteiger partial charge in [-0.25, -0.2) is 9.78 Å². The number of aromatic amines is 1. The smallest absolute Gasteiger partial charge is 0.410 e. The number of benzene rings is 1. The third-order valence-corrected chi connectivity index (χ3v) is 5.21. The molecule has 2 heterocycles. The second-order valence-corrected chi connectivity index (χ2v) is 8.95. The first-order chi connectivity index (χ1) is 15.1. The van der Waals surface area contributed by atoms with Crippen LogP contribution in [0.4, 0.5) is 4.79 Å². The van der Waals surface area contributed by atoms with E-state index in [2.05, 4.69) is 20.6 Å². The van der Waals surface area contributed by atoms with Gasteiger partial charge in [0, 0.05) is 19.1 Å². The molecular formula is C23H31N5O4. The fraction of sp³-hybridized carbons (Fsp3) is 0.478. The minimum absolute atomic E-state index is 0.0523. The maximum absolute atomic E-state index is 12.8. The average molecular weight is 442 g/mol. The number of amides is 3. The van der Waals surface area contributed by atoms with Crippen LogP contribution in [-0.2, 0) is 4.74 Å². The van der Waals surface area contributed by atoms with E-state index in [1.54, 1.807) is 4.90 Å². The molecule has 1 unspecified atom stereocenters. The largest absolute Gasteiger partial charge is 0.444 e. The Morgan fingerprint density at radius 3 is 2.41 bits per heavy atom. The average Bonchev–Trinajstić information content (AvgIpc) is 3.24. The van der Waals surface area contributed by atoms with Crippen molar-refractivity contribution in [3.05, 3.63) is 53.6 Å². The molecule has 0 aliphatic carbocycles. The molecule has 1 atom stereocenters. The summed E-state index contributed by atoms with van der Waals surface area (Å²) in [5, 5.41) is 5.82. The van der Waals surface area contributed by atoms with E-state index in [1.807, 2.05) is 58.0 Å². The van der Waals surface area contributed by atoms with Gasteiger partial charge in [0.25, 0.3) is 11.8 Å². The molecule has 1 saturated heterocycles. The zero-order chi connectivity index (χ0) is 23.3. The van der Waals surface area contributed by atoms with Crippen LogP contribution in [0.3, 0.4) is 0 Å². The predicted octanol–water partition coefficient (Wildman–Crippen LogP) is 3.03. The van der Waals surface area contributed by atoms with Crippen LogP contribution < -0.4 is 10.6 Å². The Labute approximate surface area is 187 Å². The van der Waals surface area contributed by atoms with Crippen LogP contribution in [0.2, 0.25) is 0 Å². The summed E-state index contributed by atoms with van der Waals surface area (Å²) in [7, 11) is 0. The molecule has 2 aromatic rings. The summed E-state index contributed by atoms with van der Waals surface area (Å²) >= 11 is 0. The number of carbonyl (C=O) groups is 3. The molecule has 1 aromatic carbocycles. The monoisotopic (exact) mass is 441 g/mol. The van der Waals surface area contributed by atoms with Crippen molar-refractivity contribution < 1.29 is 19.1 Å². The minimum Gasteiger partial charge on any atom is -0.444 e. The first-order valence-corrected chi connectivity index (χ1v) is 10.8. The van der Waals surface area contributed by atoms with Crippen molar-refractivity contribution in [1.82, 2.24) is 25.5 Å². The SMILES string of the molecule is CC(NC(=O)c1nc[nH]c1C(=O)NC1CCN(C(=O)OC(C)(C)C)CC1)c1ccccc1. The molecular weight excluding hydrogens is 410 g/mol. The van der Waals surface area contributed by atoms with Gasteiger partial charge in [-0.15, -0.1) is 0 Å². The summed E-state index contributed by atoms with van der Waals surface area (Å²) < 4.78 is 5.40. The second kappa shape index (κ2) is 9.84. The van der Waals surface area contributed by atoms with Gasteiger partial charge in [0.15, 0.2) is 5.69 Å². The number of nitrogens with zero attached hydrogens (tertiary/aromatic N) is 2. The van der Waals surface area contributed by atoms with Crippen molar-refractivity contribution in [3.8, 4) is 0 Å². The molecule has 0 saturated carbocycles. The lowest BCUT2D eigenvalue weighted by atomic mass is 10.0. The highest BCUT2D eigenvalue weighted by atomic mass is 16.6. The lowest BCUT2D eigenvalue weighted by molar-refractivity contribution is 0.0199. The Hall–Kier alpha value is -3.36. The van der Waals surface area contributed by atoms with Crippen LogP contribution in [0.1, 0.15) is 73.1 Å². The molecule has 3 rings (SSSR count). The van der Waals surface area contributed by atoms with E-state index in [0.717, 1.165) is 5.56 Å². The molecule has 172 valence electrons. The van der Waals surface area contributed by atoms with Crippen LogP contribution in [0.5, 0.6) is 0 Å². The zero-order valence-electron chi connectivity index (χ0n) is 19.0. The number of H-pyrrole nitrogens is 1. The molecule has 9 heteroatoms. The lowest BCUT2D eigenvalue weighted by Gasteiger charge is -2.33. The first-order valence-electron chi connectivity index (χ1n) is 10.8. The highest BCUT2D eigenvalue weighted by Gasteiger charge is 2.29. The van der Waals surface area contributed by atoms with Gasteiger partial charge in [0.05, 0.1) is 12.4 Å². The Kier molecular flexibility index (Phi) is 7.17. The van der Waals surface area contributed by atoms with Crippen LogP contribution in [-0.4, -0.2) is 57.5 Å². The number of likely N-dealkylation sites (tertiary alicyclic amines) is 1. The number of nitrogens with one attached hydrogen (secondary N) is 3. The number of rotatable bonds is 5. The van der Waals surface area contributed by atoms with Gasteiger partial charge in [-0.05, 0) is 46.1 Å². The fourth-order valence-corrected chi connectivity index (χ4v) is 3.52. The molecule has 0 radical (unpaired) electrons. The third-order valence-electron chi connectivity index (χ3n) is 5.21. The number of hydrogen-bond donors (Lipinski definition) is 3. The van der Waals surface area contributed by atoms with Gasteiger partial charge in [-0.3, -0.25) is 9.59 Å². The van der Waals surface area contributed by atoms with Crippen molar-refractivity contribution in [1.29, 1.82) is 0 Å². The molecule has 1 aliphatic rings. The van der Waals surface area contributed by atoms with Gasteiger partial charge in [0.1, 0.15) is 11.3 Å². The topological polar surface area (TPSA) is 116 Å². The highest BCUT2D eigenvalue weighted by Crippen LogP contribution is 2.17. The Bertz CT molecular complexity index is 943. The summed E-state index contributed by atoms with van der Waals surface area (Å²) in [5.74, 6) is -0.816. The van der Waals surface area contributed by atoms with Crippen molar-refractivity contribution >= 4 is 17.9 Å². The predicted molar refractivity (Wildman–Crippen MR) is 119 cm³/mol. The van der Waals surface area contributed by atoms with E-state index in [1.165, 1.54) is 6.33 Å². The molecule has 1 aromatic heterocycles. The normalized spacial score (nSPS) is 15.7. The van der Waals surface area contributed by atoms with E-state index >= 15 is 0 Å². The third kappa shape index (κ3) is 6.09. The quantitative estimate of drug-likeness (QED) is 0.659. The maximum Gasteiger partial charge on any atom is 0.410 e. The number of hydrogen-bond acceptors (Lipinski definition) is 5. The summed E-state index contributed by atoms with van der Waals surface area (Å²) in [6.45, 7) is 8.34. The zero-order valence-corrected chi connectivity index (χ0v) is 19.0. The summed E-state index contributed by atoms with van der Waals surface area (Å²) in [6.07, 6.45) is 2.20. The number of imidazole rings is 1. The van der Waals surface area contributed by atoms with Crippen LogP contribution in [0, 0.1) is 0 Å².